The Kier molecular flexibility index (Phi) is 5.49. The van der Waals surface area contributed by atoms with Crippen LogP contribution < -0.4 is 4.90 Å². The summed E-state index contributed by atoms with van der Waals surface area (Å²) in [5, 5.41) is 0. The average molecular weight is 427 g/mol. The molecule has 5 nitrogen and oxygen atoms in total. The van der Waals surface area contributed by atoms with Gasteiger partial charge in [0.25, 0.3) is 0 Å². The maximum atomic E-state index is 13.3. The highest BCUT2D eigenvalue weighted by Crippen LogP contribution is 2.48. The summed E-state index contributed by atoms with van der Waals surface area (Å²) in [6, 6.07) is 15.2. The zero-order chi connectivity index (χ0) is 21.5. The van der Waals surface area contributed by atoms with Crippen molar-refractivity contribution < 1.29 is 13.2 Å². The number of carbonyl (C=O) groups excluding carboxylic acids is 1. The molecule has 0 saturated carbocycles. The molecule has 0 aromatic heterocycles. The normalized spacial score (nSPS) is 18.9. The molecule has 0 radical (unpaired) electrons. The van der Waals surface area contributed by atoms with Gasteiger partial charge in [-0.05, 0) is 61.4 Å². The second-order valence-electron chi connectivity index (χ2n) is 8.79. The summed E-state index contributed by atoms with van der Waals surface area (Å²) in [5.74, 6) is 0.640. The van der Waals surface area contributed by atoms with Gasteiger partial charge in [-0.15, -0.1) is 0 Å². The van der Waals surface area contributed by atoms with Gasteiger partial charge in [0.2, 0.25) is 15.9 Å². The fraction of sp³-hybridized carbons (Fsp3) is 0.458. The summed E-state index contributed by atoms with van der Waals surface area (Å²) < 4.78 is 27.9. The molecule has 2 aromatic rings. The number of anilines is 1. The molecule has 1 amide bonds. The molecule has 0 bridgehead atoms. The van der Waals surface area contributed by atoms with Crippen molar-refractivity contribution >= 4 is 21.6 Å². The van der Waals surface area contributed by atoms with E-state index in [9.17, 15) is 13.2 Å². The number of hydrogen-bond donors (Lipinski definition) is 0. The topological polar surface area (TPSA) is 57.7 Å². The molecule has 0 unspecified atom stereocenters. The summed E-state index contributed by atoms with van der Waals surface area (Å²) in [5.41, 5.74) is 2.57. The van der Waals surface area contributed by atoms with E-state index in [4.69, 9.17) is 0 Å². The molecular formula is C24H30N2O3S. The van der Waals surface area contributed by atoms with Gasteiger partial charge in [-0.2, -0.15) is 4.31 Å². The standard InChI is InChI=1S/C24H30N2O3S/c1-4-26-22-8-6-5-7-21(22)24(23(26)27)13-15-25(16-14-24)30(28,29)20-11-9-19(10-12-20)17-18(2)3/h5-12,18H,4,13-17H2,1-3H3. The Bertz CT molecular complexity index is 1040. The third-order valence-electron chi connectivity index (χ3n) is 6.46. The van der Waals surface area contributed by atoms with Gasteiger partial charge in [0.05, 0.1) is 10.3 Å². The van der Waals surface area contributed by atoms with Crippen molar-refractivity contribution in [2.75, 3.05) is 24.5 Å². The summed E-state index contributed by atoms with van der Waals surface area (Å²) in [6.45, 7) is 7.62. The number of benzene rings is 2. The van der Waals surface area contributed by atoms with Crippen LogP contribution in [0.1, 0.15) is 44.7 Å². The zero-order valence-electron chi connectivity index (χ0n) is 18.0. The van der Waals surface area contributed by atoms with Crippen molar-refractivity contribution in [2.45, 2.75) is 50.3 Å². The number of hydrogen-bond acceptors (Lipinski definition) is 3. The molecule has 4 rings (SSSR count). The van der Waals surface area contributed by atoms with Crippen molar-refractivity contribution in [1.29, 1.82) is 0 Å². The van der Waals surface area contributed by atoms with E-state index in [1.165, 1.54) is 0 Å². The number of para-hydroxylation sites is 1. The first-order valence-corrected chi connectivity index (χ1v) is 12.2. The van der Waals surface area contributed by atoms with Gasteiger partial charge in [0, 0.05) is 25.3 Å². The second kappa shape index (κ2) is 7.82. The first kappa shape index (κ1) is 21.1. The summed E-state index contributed by atoms with van der Waals surface area (Å²) >= 11 is 0. The third-order valence-corrected chi connectivity index (χ3v) is 8.38. The van der Waals surface area contributed by atoms with Gasteiger partial charge in [-0.25, -0.2) is 8.42 Å². The molecule has 6 heteroatoms. The number of rotatable bonds is 5. The van der Waals surface area contributed by atoms with Crippen molar-refractivity contribution in [3.63, 3.8) is 0 Å². The Balaban J connectivity index is 1.55. The number of sulfonamides is 1. The van der Waals surface area contributed by atoms with Gasteiger partial charge in [0.15, 0.2) is 0 Å². The van der Waals surface area contributed by atoms with E-state index >= 15 is 0 Å². The van der Waals surface area contributed by atoms with Gasteiger partial charge in [-0.3, -0.25) is 4.79 Å². The van der Waals surface area contributed by atoms with Crippen molar-refractivity contribution in [3.05, 3.63) is 59.7 Å². The fourth-order valence-electron chi connectivity index (χ4n) is 4.92. The number of carbonyl (C=O) groups is 1. The van der Waals surface area contributed by atoms with Crippen LogP contribution >= 0.6 is 0 Å². The molecule has 2 aliphatic rings. The van der Waals surface area contributed by atoms with Gasteiger partial charge < -0.3 is 4.90 Å². The molecule has 2 heterocycles. The van der Waals surface area contributed by atoms with Gasteiger partial charge >= 0.3 is 0 Å². The number of nitrogens with zero attached hydrogens (tertiary/aromatic N) is 2. The van der Waals surface area contributed by atoms with E-state index in [2.05, 4.69) is 13.8 Å². The highest BCUT2D eigenvalue weighted by molar-refractivity contribution is 7.89. The first-order valence-electron chi connectivity index (χ1n) is 10.8. The van der Waals surface area contributed by atoms with Crippen LogP contribution in [-0.2, 0) is 26.7 Å². The predicted molar refractivity (Wildman–Crippen MR) is 119 cm³/mol. The van der Waals surface area contributed by atoms with Crippen LogP contribution in [0.3, 0.4) is 0 Å². The smallest absolute Gasteiger partial charge is 0.243 e. The van der Waals surface area contributed by atoms with Crippen LogP contribution in [0.4, 0.5) is 5.69 Å². The van der Waals surface area contributed by atoms with Gasteiger partial charge in [0.1, 0.15) is 0 Å². The maximum Gasteiger partial charge on any atom is 0.243 e. The Hall–Kier alpha value is -2.18. The minimum atomic E-state index is -3.56. The predicted octanol–water partition coefficient (Wildman–Crippen LogP) is 3.97. The number of likely N-dealkylation sites (N-methyl/N-ethyl adjacent to an activating group) is 1. The number of piperidine rings is 1. The largest absolute Gasteiger partial charge is 0.312 e. The Morgan fingerprint density at radius 1 is 1.00 bits per heavy atom. The Morgan fingerprint density at radius 3 is 2.23 bits per heavy atom. The Labute approximate surface area is 179 Å². The minimum absolute atomic E-state index is 0.112. The van der Waals surface area contributed by atoms with Crippen LogP contribution in [-0.4, -0.2) is 38.3 Å². The quantitative estimate of drug-likeness (QED) is 0.727. The zero-order valence-corrected chi connectivity index (χ0v) is 18.8. The monoisotopic (exact) mass is 426 g/mol. The fourth-order valence-corrected chi connectivity index (χ4v) is 6.36. The number of amides is 1. The average Bonchev–Trinajstić information content (AvgIpc) is 2.96. The molecule has 0 aliphatic carbocycles. The molecule has 1 fully saturated rings. The van der Waals surface area contributed by atoms with E-state index < -0.39 is 15.4 Å². The molecule has 2 aromatic carbocycles. The molecule has 30 heavy (non-hydrogen) atoms. The SMILES string of the molecule is CCN1C(=O)C2(CCN(S(=O)(=O)c3ccc(CC(C)C)cc3)CC2)c2ccccc21. The Morgan fingerprint density at radius 2 is 1.63 bits per heavy atom. The molecule has 0 N–H and O–H groups in total. The summed E-state index contributed by atoms with van der Waals surface area (Å²) in [4.78, 5) is 15.5. The van der Waals surface area contributed by atoms with Crippen molar-refractivity contribution in [2.24, 2.45) is 5.92 Å². The van der Waals surface area contributed by atoms with Gasteiger partial charge in [-0.1, -0.05) is 44.2 Å². The van der Waals surface area contributed by atoms with E-state index in [0.717, 1.165) is 23.2 Å². The minimum Gasteiger partial charge on any atom is -0.312 e. The van der Waals surface area contributed by atoms with Crippen molar-refractivity contribution in [1.82, 2.24) is 4.31 Å². The lowest BCUT2D eigenvalue weighted by atomic mass is 9.74. The summed E-state index contributed by atoms with van der Waals surface area (Å²) in [6.07, 6.45) is 1.97. The maximum absolute atomic E-state index is 13.3. The lowest BCUT2D eigenvalue weighted by molar-refractivity contribution is -0.124. The molecular weight excluding hydrogens is 396 g/mol. The lowest BCUT2D eigenvalue weighted by Gasteiger charge is -2.37. The van der Waals surface area contributed by atoms with E-state index in [1.54, 1.807) is 16.4 Å². The molecule has 1 saturated heterocycles. The first-order chi connectivity index (χ1) is 14.3. The van der Waals surface area contributed by atoms with Crippen LogP contribution in [0.5, 0.6) is 0 Å². The second-order valence-corrected chi connectivity index (χ2v) is 10.7. The highest BCUT2D eigenvalue weighted by Gasteiger charge is 2.52. The van der Waals surface area contributed by atoms with E-state index in [-0.39, 0.29) is 5.91 Å². The van der Waals surface area contributed by atoms with Crippen molar-refractivity contribution in [3.8, 4) is 0 Å². The van der Waals surface area contributed by atoms with E-state index in [1.807, 2.05) is 48.2 Å². The summed E-state index contributed by atoms with van der Waals surface area (Å²) in [7, 11) is -3.56. The molecule has 1 spiro atoms. The van der Waals surface area contributed by atoms with Crippen LogP contribution in [0.25, 0.3) is 0 Å². The molecule has 160 valence electrons. The third kappa shape index (κ3) is 3.36. The molecule has 2 aliphatic heterocycles. The van der Waals surface area contributed by atoms with Crippen LogP contribution in [0.2, 0.25) is 0 Å². The molecule has 0 atom stereocenters. The number of fused-ring (bicyclic) bond motifs is 2. The van der Waals surface area contributed by atoms with Crippen LogP contribution in [0, 0.1) is 5.92 Å². The lowest BCUT2D eigenvalue weighted by Crippen LogP contribution is -2.50. The highest BCUT2D eigenvalue weighted by atomic mass is 32.2. The van der Waals surface area contributed by atoms with Crippen LogP contribution in [0.15, 0.2) is 53.4 Å². The van der Waals surface area contributed by atoms with E-state index in [0.29, 0.717) is 43.3 Å².